The van der Waals surface area contributed by atoms with E-state index in [-0.39, 0.29) is 24.1 Å². The minimum Gasteiger partial charge on any atom is -0.462 e. The van der Waals surface area contributed by atoms with Crippen LogP contribution >= 0.6 is 0 Å². The number of unbranched alkanes of at least 4 members (excludes halogenated alkanes) is 1. The fourth-order valence-corrected chi connectivity index (χ4v) is 4.00. The lowest BCUT2D eigenvalue weighted by Crippen LogP contribution is -2.25. The van der Waals surface area contributed by atoms with Gasteiger partial charge in [0.2, 0.25) is 0 Å². The number of carbonyl (C=O) groups excluding carboxylic acids is 2. The summed E-state index contributed by atoms with van der Waals surface area (Å²) in [6, 6.07) is 0. The SMILES string of the molecule is CC1CCCC(OC(=O)CCCCC(=O)OC2CCCC(C)C2)C1. The number of esters is 2. The number of ether oxygens (including phenoxy) is 2. The molecule has 0 aromatic rings. The first-order valence-electron chi connectivity index (χ1n) is 9.92. The van der Waals surface area contributed by atoms with E-state index >= 15 is 0 Å². The lowest BCUT2D eigenvalue weighted by molar-refractivity contribution is -0.153. The molecule has 2 aliphatic rings. The van der Waals surface area contributed by atoms with Crippen LogP contribution in [0.2, 0.25) is 0 Å². The number of carbonyl (C=O) groups is 2. The molecule has 0 aromatic carbocycles. The van der Waals surface area contributed by atoms with E-state index < -0.39 is 0 Å². The van der Waals surface area contributed by atoms with Crippen molar-refractivity contribution in [3.05, 3.63) is 0 Å². The van der Waals surface area contributed by atoms with Gasteiger partial charge in [0.05, 0.1) is 0 Å². The zero-order chi connectivity index (χ0) is 17.4. The highest BCUT2D eigenvalue weighted by Gasteiger charge is 2.23. The summed E-state index contributed by atoms with van der Waals surface area (Å²) in [5, 5.41) is 0. The van der Waals surface area contributed by atoms with Crippen LogP contribution in [0.4, 0.5) is 0 Å². The van der Waals surface area contributed by atoms with Crippen LogP contribution in [0.15, 0.2) is 0 Å². The third kappa shape index (κ3) is 7.23. The summed E-state index contributed by atoms with van der Waals surface area (Å²) >= 11 is 0. The Morgan fingerprint density at radius 2 is 1.17 bits per heavy atom. The van der Waals surface area contributed by atoms with Crippen molar-refractivity contribution in [3.8, 4) is 0 Å². The zero-order valence-corrected chi connectivity index (χ0v) is 15.4. The van der Waals surface area contributed by atoms with Gasteiger partial charge in [0.25, 0.3) is 0 Å². The molecule has 0 aliphatic heterocycles. The molecule has 4 nitrogen and oxygen atoms in total. The average molecular weight is 338 g/mol. The van der Waals surface area contributed by atoms with E-state index in [1.807, 2.05) is 0 Å². The average Bonchev–Trinajstić information content (AvgIpc) is 2.51. The summed E-state index contributed by atoms with van der Waals surface area (Å²) in [6.45, 7) is 4.44. The molecule has 24 heavy (non-hydrogen) atoms. The maximum Gasteiger partial charge on any atom is 0.306 e. The quantitative estimate of drug-likeness (QED) is 0.495. The molecule has 138 valence electrons. The standard InChI is InChI=1S/C20H34O4/c1-15-7-5-9-17(13-15)23-19(21)11-3-4-12-20(22)24-18-10-6-8-16(2)14-18/h15-18H,3-14H2,1-2H3. The van der Waals surface area contributed by atoms with Crippen molar-refractivity contribution in [1.29, 1.82) is 0 Å². The van der Waals surface area contributed by atoms with Gasteiger partial charge in [-0.05, 0) is 63.2 Å². The van der Waals surface area contributed by atoms with Gasteiger partial charge >= 0.3 is 11.9 Å². The van der Waals surface area contributed by atoms with Gasteiger partial charge in [-0.3, -0.25) is 9.59 Å². The monoisotopic (exact) mass is 338 g/mol. The Morgan fingerprint density at radius 3 is 1.54 bits per heavy atom. The van der Waals surface area contributed by atoms with Crippen LogP contribution in [0.5, 0.6) is 0 Å². The lowest BCUT2D eigenvalue weighted by atomic mass is 9.89. The Kier molecular flexibility index (Phi) is 8.07. The summed E-state index contributed by atoms with van der Waals surface area (Å²) in [4.78, 5) is 23.8. The van der Waals surface area contributed by atoms with Gasteiger partial charge in [-0.1, -0.05) is 26.7 Å². The van der Waals surface area contributed by atoms with E-state index in [9.17, 15) is 9.59 Å². The molecule has 0 heterocycles. The van der Waals surface area contributed by atoms with Crippen LogP contribution in [0.25, 0.3) is 0 Å². The highest BCUT2D eigenvalue weighted by atomic mass is 16.5. The Balaban J connectivity index is 1.52. The molecule has 0 N–H and O–H groups in total. The molecule has 0 radical (unpaired) electrons. The molecule has 2 fully saturated rings. The predicted molar refractivity (Wildman–Crippen MR) is 93.5 cm³/mol. The van der Waals surface area contributed by atoms with Crippen molar-refractivity contribution in [2.24, 2.45) is 11.8 Å². The highest BCUT2D eigenvalue weighted by molar-refractivity contribution is 5.70. The van der Waals surface area contributed by atoms with Gasteiger partial charge in [-0.15, -0.1) is 0 Å². The van der Waals surface area contributed by atoms with Crippen LogP contribution in [0, 0.1) is 11.8 Å². The topological polar surface area (TPSA) is 52.6 Å². The van der Waals surface area contributed by atoms with E-state index in [2.05, 4.69) is 13.8 Å². The molecule has 0 spiro atoms. The third-order valence-corrected chi connectivity index (χ3v) is 5.38. The smallest absolute Gasteiger partial charge is 0.306 e. The third-order valence-electron chi connectivity index (χ3n) is 5.38. The highest BCUT2D eigenvalue weighted by Crippen LogP contribution is 2.27. The summed E-state index contributed by atoms with van der Waals surface area (Å²) in [5.41, 5.74) is 0. The van der Waals surface area contributed by atoms with Crippen LogP contribution in [-0.4, -0.2) is 24.1 Å². The Labute approximate surface area is 146 Å². The largest absolute Gasteiger partial charge is 0.462 e. The fraction of sp³-hybridized carbons (Fsp3) is 0.900. The minimum atomic E-state index is -0.108. The van der Waals surface area contributed by atoms with Crippen molar-refractivity contribution in [1.82, 2.24) is 0 Å². The van der Waals surface area contributed by atoms with E-state index in [1.165, 1.54) is 12.8 Å². The molecule has 0 bridgehead atoms. The second kappa shape index (κ2) is 10.0. The summed E-state index contributed by atoms with van der Waals surface area (Å²) in [6.07, 6.45) is 11.3. The van der Waals surface area contributed by atoms with E-state index in [4.69, 9.17) is 9.47 Å². The second-order valence-corrected chi connectivity index (χ2v) is 7.97. The molecule has 2 saturated carbocycles. The molecule has 4 heteroatoms. The van der Waals surface area contributed by atoms with Crippen molar-refractivity contribution in [3.63, 3.8) is 0 Å². The molecule has 0 aromatic heterocycles. The number of hydrogen-bond acceptors (Lipinski definition) is 4. The molecule has 4 unspecified atom stereocenters. The first-order chi connectivity index (χ1) is 11.5. The minimum absolute atomic E-state index is 0.108. The number of hydrogen-bond donors (Lipinski definition) is 0. The molecule has 2 rings (SSSR count). The fourth-order valence-electron chi connectivity index (χ4n) is 4.00. The summed E-state index contributed by atoms with van der Waals surface area (Å²) < 4.78 is 11.1. The maximum absolute atomic E-state index is 11.9. The molecule has 4 atom stereocenters. The lowest BCUT2D eigenvalue weighted by Gasteiger charge is -2.26. The summed E-state index contributed by atoms with van der Waals surface area (Å²) in [7, 11) is 0. The first-order valence-corrected chi connectivity index (χ1v) is 9.92. The van der Waals surface area contributed by atoms with E-state index in [0.29, 0.717) is 37.5 Å². The maximum atomic E-state index is 11.9. The Hall–Kier alpha value is -1.06. The van der Waals surface area contributed by atoms with Crippen LogP contribution in [0.1, 0.15) is 90.9 Å². The zero-order valence-electron chi connectivity index (χ0n) is 15.4. The van der Waals surface area contributed by atoms with Gasteiger partial charge in [0, 0.05) is 12.8 Å². The summed E-state index contributed by atoms with van der Waals surface area (Å²) in [5.74, 6) is 1.11. The van der Waals surface area contributed by atoms with E-state index in [0.717, 1.165) is 38.5 Å². The van der Waals surface area contributed by atoms with Gasteiger partial charge in [0.15, 0.2) is 0 Å². The van der Waals surface area contributed by atoms with Crippen molar-refractivity contribution in [2.75, 3.05) is 0 Å². The molecule has 0 saturated heterocycles. The van der Waals surface area contributed by atoms with Gasteiger partial charge in [0.1, 0.15) is 12.2 Å². The van der Waals surface area contributed by atoms with Crippen molar-refractivity contribution < 1.29 is 19.1 Å². The first kappa shape index (κ1) is 19.3. The predicted octanol–water partition coefficient (Wildman–Crippen LogP) is 4.79. The molecular weight excluding hydrogens is 304 g/mol. The van der Waals surface area contributed by atoms with Crippen molar-refractivity contribution >= 4 is 11.9 Å². The molecule has 2 aliphatic carbocycles. The van der Waals surface area contributed by atoms with Crippen LogP contribution < -0.4 is 0 Å². The van der Waals surface area contributed by atoms with Gasteiger partial charge in [-0.25, -0.2) is 0 Å². The number of rotatable bonds is 7. The normalized spacial score (nSPS) is 30.6. The second-order valence-electron chi connectivity index (χ2n) is 7.97. The molecule has 0 amide bonds. The van der Waals surface area contributed by atoms with Crippen LogP contribution in [-0.2, 0) is 19.1 Å². The van der Waals surface area contributed by atoms with Crippen LogP contribution in [0.3, 0.4) is 0 Å². The van der Waals surface area contributed by atoms with E-state index in [1.54, 1.807) is 0 Å². The van der Waals surface area contributed by atoms with Gasteiger partial charge < -0.3 is 9.47 Å². The Bertz CT molecular complexity index is 368. The van der Waals surface area contributed by atoms with Gasteiger partial charge in [-0.2, -0.15) is 0 Å². The Morgan fingerprint density at radius 1 is 0.750 bits per heavy atom. The van der Waals surface area contributed by atoms with Crippen molar-refractivity contribution in [2.45, 2.75) is 103 Å². The molecular formula is C20H34O4.